The number of carbonyl (C=O) groups is 1. The lowest BCUT2D eigenvalue weighted by atomic mass is 10.0. The summed E-state index contributed by atoms with van der Waals surface area (Å²) in [5.74, 6) is 1.45. The lowest BCUT2D eigenvalue weighted by Gasteiger charge is -2.08. The van der Waals surface area contributed by atoms with Gasteiger partial charge >= 0.3 is 0 Å². The minimum absolute atomic E-state index is 0.356. The molecule has 1 aliphatic rings. The third kappa shape index (κ3) is 3.35. The minimum atomic E-state index is 0.356. The van der Waals surface area contributed by atoms with Crippen molar-refractivity contribution in [1.29, 1.82) is 0 Å². The second kappa shape index (κ2) is 5.72. The Hall–Kier alpha value is -0.760. The Bertz CT molecular complexity index is 405. The van der Waals surface area contributed by atoms with E-state index in [1.54, 1.807) is 11.8 Å². The molecule has 0 atom stereocenters. The highest BCUT2D eigenvalue weighted by Gasteiger charge is 2.22. The summed E-state index contributed by atoms with van der Waals surface area (Å²) in [6, 6.07) is 6.44. The highest BCUT2D eigenvalue weighted by molar-refractivity contribution is 8.00. The molecule has 0 saturated heterocycles. The predicted octanol–water partition coefficient (Wildman–Crippen LogP) is 4.15. The van der Waals surface area contributed by atoms with Gasteiger partial charge in [0.25, 0.3) is 0 Å². The Kier molecular flexibility index (Phi) is 4.27. The van der Waals surface area contributed by atoms with Crippen molar-refractivity contribution in [3.05, 3.63) is 29.3 Å². The van der Waals surface area contributed by atoms with E-state index in [4.69, 9.17) is 0 Å². The molecule has 0 N–H and O–H groups in total. The molecule has 1 aromatic rings. The summed E-state index contributed by atoms with van der Waals surface area (Å²) in [7, 11) is 0. The van der Waals surface area contributed by atoms with Crippen LogP contribution >= 0.6 is 11.8 Å². The van der Waals surface area contributed by atoms with Gasteiger partial charge in [0.15, 0.2) is 0 Å². The highest BCUT2D eigenvalue weighted by atomic mass is 32.2. The summed E-state index contributed by atoms with van der Waals surface area (Å²) in [5.41, 5.74) is 2.62. The number of hydrogen-bond donors (Lipinski definition) is 0. The quantitative estimate of drug-likeness (QED) is 0.744. The van der Waals surface area contributed by atoms with Crippen molar-refractivity contribution in [2.24, 2.45) is 5.92 Å². The molecule has 1 aliphatic carbocycles. The van der Waals surface area contributed by atoms with E-state index in [0.29, 0.717) is 17.5 Å². The molecule has 0 spiro atoms. The molecule has 2 rings (SSSR count). The van der Waals surface area contributed by atoms with Crippen molar-refractivity contribution < 1.29 is 4.79 Å². The van der Waals surface area contributed by atoms with E-state index < -0.39 is 0 Å². The number of aryl methyl sites for hydroxylation is 2. The maximum absolute atomic E-state index is 11.9. The number of Topliss-reactive ketones (excluding diaryl/α,β-unsaturated/α-hetero) is 1. The maximum Gasteiger partial charge on any atom is 0.146 e. The lowest BCUT2D eigenvalue weighted by molar-refractivity contribution is -0.120. The van der Waals surface area contributed by atoms with E-state index in [2.05, 4.69) is 32.0 Å². The third-order valence-corrected chi connectivity index (χ3v) is 4.69. The number of ketones is 1. The first-order valence-corrected chi connectivity index (χ1v) is 7.38. The summed E-state index contributed by atoms with van der Waals surface area (Å²) in [5, 5.41) is 0. The van der Waals surface area contributed by atoms with Gasteiger partial charge in [-0.2, -0.15) is 0 Å². The number of thioether (sulfide) groups is 1. The Morgan fingerprint density at radius 2 is 1.94 bits per heavy atom. The average Bonchev–Trinajstić information content (AvgIpc) is 2.84. The second-order valence-electron chi connectivity index (χ2n) is 4.98. The normalized spacial score (nSPS) is 16.4. The van der Waals surface area contributed by atoms with Gasteiger partial charge in [-0.25, -0.2) is 0 Å². The van der Waals surface area contributed by atoms with E-state index in [1.807, 2.05) is 0 Å². The fourth-order valence-electron chi connectivity index (χ4n) is 2.32. The minimum Gasteiger partial charge on any atom is -0.298 e. The van der Waals surface area contributed by atoms with Crippen molar-refractivity contribution in [3.63, 3.8) is 0 Å². The van der Waals surface area contributed by atoms with Crippen LogP contribution in [0.2, 0.25) is 0 Å². The molecule has 1 aromatic carbocycles. The van der Waals surface area contributed by atoms with Gasteiger partial charge in [-0.05, 0) is 49.9 Å². The topological polar surface area (TPSA) is 17.1 Å². The number of hydrogen-bond acceptors (Lipinski definition) is 2. The van der Waals surface area contributed by atoms with Crippen LogP contribution in [0.4, 0.5) is 0 Å². The number of benzene rings is 1. The van der Waals surface area contributed by atoms with Crippen LogP contribution in [0.1, 0.15) is 36.8 Å². The maximum atomic E-state index is 11.9. The van der Waals surface area contributed by atoms with Crippen LogP contribution in [0, 0.1) is 19.8 Å². The summed E-state index contributed by atoms with van der Waals surface area (Å²) in [6.45, 7) is 4.24. The molecule has 0 amide bonds. The van der Waals surface area contributed by atoms with Crippen LogP contribution in [0.5, 0.6) is 0 Å². The standard InChI is InChI=1S/C15H20OS/c1-11-7-8-14(9-12(11)2)17-10-15(16)13-5-3-4-6-13/h7-9,13H,3-6,10H2,1-2H3. The molecule has 1 nitrogen and oxygen atoms in total. The molecular weight excluding hydrogens is 228 g/mol. The molecule has 1 fully saturated rings. The summed E-state index contributed by atoms with van der Waals surface area (Å²) >= 11 is 1.69. The Labute approximate surface area is 108 Å². The first-order chi connectivity index (χ1) is 8.16. The van der Waals surface area contributed by atoms with E-state index >= 15 is 0 Å². The van der Waals surface area contributed by atoms with Gasteiger partial charge in [0.1, 0.15) is 5.78 Å². The first-order valence-electron chi connectivity index (χ1n) is 6.39. The van der Waals surface area contributed by atoms with Gasteiger partial charge in [0, 0.05) is 10.8 Å². The third-order valence-electron chi connectivity index (χ3n) is 3.67. The predicted molar refractivity (Wildman–Crippen MR) is 73.6 cm³/mol. The van der Waals surface area contributed by atoms with E-state index in [-0.39, 0.29) is 0 Å². The molecule has 92 valence electrons. The van der Waals surface area contributed by atoms with Gasteiger partial charge < -0.3 is 0 Å². The molecule has 17 heavy (non-hydrogen) atoms. The highest BCUT2D eigenvalue weighted by Crippen LogP contribution is 2.28. The van der Waals surface area contributed by atoms with Crippen LogP contribution < -0.4 is 0 Å². The first kappa shape index (κ1) is 12.7. The lowest BCUT2D eigenvalue weighted by Crippen LogP contribution is -2.12. The molecule has 0 bridgehead atoms. The van der Waals surface area contributed by atoms with Crippen molar-refractivity contribution >= 4 is 17.5 Å². The number of carbonyl (C=O) groups excluding carboxylic acids is 1. The van der Waals surface area contributed by atoms with Gasteiger partial charge in [-0.3, -0.25) is 4.79 Å². The van der Waals surface area contributed by atoms with Crippen molar-refractivity contribution in [2.45, 2.75) is 44.4 Å². The zero-order chi connectivity index (χ0) is 12.3. The van der Waals surface area contributed by atoms with Crippen LogP contribution in [-0.2, 0) is 4.79 Å². The van der Waals surface area contributed by atoms with Crippen LogP contribution in [0.15, 0.2) is 23.1 Å². The van der Waals surface area contributed by atoms with E-state index in [1.165, 1.54) is 28.9 Å². The molecular formula is C15H20OS. The largest absolute Gasteiger partial charge is 0.298 e. The molecule has 1 saturated carbocycles. The summed E-state index contributed by atoms with van der Waals surface area (Å²) in [4.78, 5) is 13.2. The molecule has 0 aliphatic heterocycles. The second-order valence-corrected chi connectivity index (χ2v) is 6.03. The molecule has 0 aromatic heterocycles. The summed E-state index contributed by atoms with van der Waals surface area (Å²) < 4.78 is 0. The monoisotopic (exact) mass is 248 g/mol. The van der Waals surface area contributed by atoms with E-state index in [0.717, 1.165) is 12.8 Å². The molecule has 2 heteroatoms. The van der Waals surface area contributed by atoms with Gasteiger partial charge in [-0.15, -0.1) is 11.8 Å². The Morgan fingerprint density at radius 3 is 2.59 bits per heavy atom. The zero-order valence-electron chi connectivity index (χ0n) is 10.7. The van der Waals surface area contributed by atoms with Gasteiger partial charge in [0.2, 0.25) is 0 Å². The van der Waals surface area contributed by atoms with E-state index in [9.17, 15) is 4.79 Å². The fourth-order valence-corrected chi connectivity index (χ4v) is 3.29. The number of rotatable bonds is 4. The smallest absolute Gasteiger partial charge is 0.146 e. The fraction of sp³-hybridized carbons (Fsp3) is 0.533. The molecule has 0 heterocycles. The summed E-state index contributed by atoms with van der Waals surface area (Å²) in [6.07, 6.45) is 4.72. The van der Waals surface area contributed by atoms with Crippen LogP contribution in [0.25, 0.3) is 0 Å². The Balaban J connectivity index is 1.88. The average molecular weight is 248 g/mol. The SMILES string of the molecule is Cc1ccc(SCC(=O)C2CCCC2)cc1C. The zero-order valence-corrected chi connectivity index (χ0v) is 11.5. The van der Waals surface area contributed by atoms with Crippen molar-refractivity contribution in [2.75, 3.05) is 5.75 Å². The van der Waals surface area contributed by atoms with Crippen LogP contribution in [0.3, 0.4) is 0 Å². The molecule has 0 unspecified atom stereocenters. The molecule has 0 radical (unpaired) electrons. The Morgan fingerprint density at radius 1 is 1.24 bits per heavy atom. The van der Waals surface area contributed by atoms with Crippen LogP contribution in [-0.4, -0.2) is 11.5 Å². The van der Waals surface area contributed by atoms with Crippen molar-refractivity contribution in [1.82, 2.24) is 0 Å². The van der Waals surface area contributed by atoms with Gasteiger partial charge in [-0.1, -0.05) is 18.9 Å². The van der Waals surface area contributed by atoms with Gasteiger partial charge in [0.05, 0.1) is 5.75 Å². The van der Waals surface area contributed by atoms with Crippen molar-refractivity contribution in [3.8, 4) is 0 Å².